The maximum absolute atomic E-state index is 13.0. The summed E-state index contributed by atoms with van der Waals surface area (Å²) in [6.07, 6.45) is 0. The molecule has 0 bridgehead atoms. The van der Waals surface area contributed by atoms with Gasteiger partial charge in [0.25, 0.3) is 5.91 Å². The molecule has 8 heteroatoms. The van der Waals surface area contributed by atoms with E-state index in [1.807, 2.05) is 6.92 Å². The lowest BCUT2D eigenvalue weighted by Gasteiger charge is -2.20. The Bertz CT molecular complexity index is 930. The number of nitrogens with zero attached hydrogens (tertiary/aromatic N) is 2. The number of hydrogen-bond donors (Lipinski definition) is 2. The van der Waals surface area contributed by atoms with Crippen molar-refractivity contribution in [1.29, 1.82) is 0 Å². The Balaban J connectivity index is 2.27. The topological polar surface area (TPSA) is 96.5 Å². The zero-order valence-electron chi connectivity index (χ0n) is 14.2. The Hall–Kier alpha value is -2.15. The molecule has 0 saturated carbocycles. The number of aryl methyl sites for hydroxylation is 1. The fraction of sp³-hybridized carbons (Fsp3) is 0.278. The molecule has 1 amide bonds. The van der Waals surface area contributed by atoms with Crippen LogP contribution in [0, 0.1) is 6.92 Å². The van der Waals surface area contributed by atoms with Crippen LogP contribution in [0.4, 0.5) is 0 Å². The van der Waals surface area contributed by atoms with Crippen LogP contribution in [0.15, 0.2) is 18.2 Å². The molecule has 2 heterocycles. The number of aromatic nitrogens is 1. The predicted molar refractivity (Wildman–Crippen MR) is 99.3 cm³/mol. The first kappa shape index (κ1) is 18.6. The summed E-state index contributed by atoms with van der Waals surface area (Å²) in [5.74, 6) is -1.47. The van der Waals surface area contributed by atoms with E-state index in [1.54, 1.807) is 18.2 Å². The Kier molecular flexibility index (Phi) is 4.92. The molecule has 3 rings (SSSR count). The van der Waals surface area contributed by atoms with Crippen molar-refractivity contribution in [2.45, 2.75) is 33.0 Å². The van der Waals surface area contributed by atoms with Gasteiger partial charge in [-0.15, -0.1) is 0 Å². The van der Waals surface area contributed by atoms with E-state index in [-0.39, 0.29) is 13.1 Å². The second-order valence-electron chi connectivity index (χ2n) is 6.15. The SMILES string of the molecule is Cc1nc2c(c(-c3ccc(Cl)cc3Cl)c1CN)C(=O)N(C(C)C(=O)O)C2. The third kappa shape index (κ3) is 2.94. The Morgan fingerprint density at radius 1 is 1.38 bits per heavy atom. The molecule has 0 spiro atoms. The highest BCUT2D eigenvalue weighted by Crippen LogP contribution is 2.40. The van der Waals surface area contributed by atoms with Gasteiger partial charge in [0.1, 0.15) is 6.04 Å². The number of carboxylic acid groups (broad SMARTS) is 1. The first-order chi connectivity index (χ1) is 12.3. The zero-order chi connectivity index (χ0) is 19.2. The normalized spacial score (nSPS) is 14.5. The summed E-state index contributed by atoms with van der Waals surface area (Å²) in [5, 5.41) is 10.1. The monoisotopic (exact) mass is 393 g/mol. The van der Waals surface area contributed by atoms with Gasteiger partial charge in [0.2, 0.25) is 0 Å². The van der Waals surface area contributed by atoms with Gasteiger partial charge in [-0.05, 0) is 31.5 Å². The number of pyridine rings is 1. The highest BCUT2D eigenvalue weighted by atomic mass is 35.5. The van der Waals surface area contributed by atoms with Crippen molar-refractivity contribution in [3.63, 3.8) is 0 Å². The molecule has 2 aromatic rings. The molecule has 1 aliphatic heterocycles. The molecule has 1 unspecified atom stereocenters. The maximum Gasteiger partial charge on any atom is 0.326 e. The van der Waals surface area contributed by atoms with E-state index in [2.05, 4.69) is 4.98 Å². The van der Waals surface area contributed by atoms with Crippen LogP contribution in [0.1, 0.15) is 34.2 Å². The van der Waals surface area contributed by atoms with Gasteiger partial charge in [0.05, 0.1) is 17.8 Å². The molecule has 1 atom stereocenters. The molecule has 0 fully saturated rings. The van der Waals surface area contributed by atoms with Gasteiger partial charge in [-0.2, -0.15) is 0 Å². The van der Waals surface area contributed by atoms with Crippen LogP contribution in [-0.4, -0.2) is 32.9 Å². The Morgan fingerprint density at radius 2 is 2.08 bits per heavy atom. The lowest BCUT2D eigenvalue weighted by molar-refractivity contribution is -0.141. The molecule has 0 aliphatic carbocycles. The summed E-state index contributed by atoms with van der Waals surface area (Å²) in [5.41, 5.74) is 9.41. The molecular formula is C18H17Cl2N3O3. The number of amides is 1. The first-order valence-corrected chi connectivity index (χ1v) is 8.73. The fourth-order valence-electron chi connectivity index (χ4n) is 3.21. The van der Waals surface area contributed by atoms with Crippen molar-refractivity contribution < 1.29 is 14.7 Å². The minimum absolute atomic E-state index is 0.130. The molecule has 0 saturated heterocycles. The van der Waals surface area contributed by atoms with Crippen LogP contribution in [0.2, 0.25) is 10.0 Å². The number of rotatable bonds is 4. The molecular weight excluding hydrogens is 377 g/mol. The zero-order valence-corrected chi connectivity index (χ0v) is 15.7. The van der Waals surface area contributed by atoms with E-state index in [1.165, 1.54) is 11.8 Å². The van der Waals surface area contributed by atoms with E-state index in [4.69, 9.17) is 28.9 Å². The third-order valence-electron chi connectivity index (χ3n) is 4.60. The summed E-state index contributed by atoms with van der Waals surface area (Å²) >= 11 is 12.4. The quantitative estimate of drug-likeness (QED) is 0.830. The number of halogens is 2. The highest BCUT2D eigenvalue weighted by Gasteiger charge is 2.38. The first-order valence-electron chi connectivity index (χ1n) is 7.97. The summed E-state index contributed by atoms with van der Waals surface area (Å²) in [6.45, 7) is 3.58. The van der Waals surface area contributed by atoms with E-state index in [0.717, 1.165) is 0 Å². The number of aliphatic carboxylic acids is 1. The molecule has 3 N–H and O–H groups in total. The number of carbonyl (C=O) groups excluding carboxylic acids is 1. The smallest absolute Gasteiger partial charge is 0.326 e. The van der Waals surface area contributed by atoms with Crippen molar-refractivity contribution in [2.24, 2.45) is 5.73 Å². The molecule has 136 valence electrons. The maximum atomic E-state index is 13.0. The van der Waals surface area contributed by atoms with Gasteiger partial charge in [-0.3, -0.25) is 9.78 Å². The summed E-state index contributed by atoms with van der Waals surface area (Å²) < 4.78 is 0. The highest BCUT2D eigenvalue weighted by molar-refractivity contribution is 6.36. The second-order valence-corrected chi connectivity index (χ2v) is 6.99. The van der Waals surface area contributed by atoms with Crippen LogP contribution in [0.3, 0.4) is 0 Å². The molecule has 0 radical (unpaired) electrons. The molecule has 6 nitrogen and oxygen atoms in total. The molecule has 1 aromatic heterocycles. The number of hydrogen-bond acceptors (Lipinski definition) is 4. The summed E-state index contributed by atoms with van der Waals surface area (Å²) in [7, 11) is 0. The molecule has 26 heavy (non-hydrogen) atoms. The number of nitrogens with two attached hydrogens (primary N) is 1. The second kappa shape index (κ2) is 6.87. The molecule has 1 aromatic carbocycles. The number of carbonyl (C=O) groups is 2. The lowest BCUT2D eigenvalue weighted by Crippen LogP contribution is -2.39. The summed E-state index contributed by atoms with van der Waals surface area (Å²) in [6, 6.07) is 4.04. The van der Waals surface area contributed by atoms with Gasteiger partial charge in [-0.25, -0.2) is 4.79 Å². The van der Waals surface area contributed by atoms with Crippen LogP contribution < -0.4 is 5.73 Å². The number of fused-ring (bicyclic) bond motifs is 1. The Labute approximate surface area is 160 Å². The summed E-state index contributed by atoms with van der Waals surface area (Å²) in [4.78, 5) is 30.1. The average molecular weight is 394 g/mol. The standard InChI is InChI=1S/C18H17Cl2N3O3/c1-8-12(6-21)15(11-4-3-10(19)5-13(11)20)16-14(22-8)7-23(17(16)24)9(2)18(25)26/h3-5,9H,6-7,21H2,1-2H3,(H,25,26). The fourth-order valence-corrected chi connectivity index (χ4v) is 3.71. The number of benzene rings is 1. The Morgan fingerprint density at radius 3 is 2.65 bits per heavy atom. The predicted octanol–water partition coefficient (Wildman–Crippen LogP) is 3.25. The van der Waals surface area contributed by atoms with Crippen LogP contribution in [0.5, 0.6) is 0 Å². The van der Waals surface area contributed by atoms with Crippen molar-refractivity contribution in [1.82, 2.24) is 9.88 Å². The van der Waals surface area contributed by atoms with Crippen molar-refractivity contribution >= 4 is 35.1 Å². The van der Waals surface area contributed by atoms with Crippen molar-refractivity contribution in [3.8, 4) is 11.1 Å². The van der Waals surface area contributed by atoms with E-state index in [0.29, 0.717) is 43.7 Å². The largest absolute Gasteiger partial charge is 0.480 e. The lowest BCUT2D eigenvalue weighted by atomic mass is 9.93. The van der Waals surface area contributed by atoms with E-state index in [9.17, 15) is 14.7 Å². The van der Waals surface area contributed by atoms with Crippen molar-refractivity contribution in [2.75, 3.05) is 0 Å². The van der Waals surface area contributed by atoms with Crippen molar-refractivity contribution in [3.05, 3.63) is 50.8 Å². The van der Waals surface area contributed by atoms with Gasteiger partial charge >= 0.3 is 5.97 Å². The van der Waals surface area contributed by atoms with Crippen LogP contribution in [0.25, 0.3) is 11.1 Å². The minimum atomic E-state index is -1.08. The van der Waals surface area contributed by atoms with Gasteiger partial charge in [0, 0.05) is 33.4 Å². The van der Waals surface area contributed by atoms with Gasteiger partial charge in [-0.1, -0.05) is 29.3 Å². The van der Waals surface area contributed by atoms with Crippen LogP contribution in [-0.2, 0) is 17.9 Å². The van der Waals surface area contributed by atoms with Crippen LogP contribution >= 0.6 is 23.2 Å². The minimum Gasteiger partial charge on any atom is -0.480 e. The van der Waals surface area contributed by atoms with E-state index >= 15 is 0 Å². The van der Waals surface area contributed by atoms with Gasteiger partial charge in [0.15, 0.2) is 0 Å². The van der Waals surface area contributed by atoms with Gasteiger partial charge < -0.3 is 15.7 Å². The average Bonchev–Trinajstić information content (AvgIpc) is 2.89. The van der Waals surface area contributed by atoms with E-state index < -0.39 is 17.9 Å². The third-order valence-corrected chi connectivity index (χ3v) is 5.15. The number of carboxylic acids is 1. The molecule has 1 aliphatic rings.